The number of sulfone groups is 1. The fourth-order valence-electron chi connectivity index (χ4n) is 1.22. The zero-order valence-electron chi connectivity index (χ0n) is 11.3. The maximum atomic E-state index is 11.8. The summed E-state index contributed by atoms with van der Waals surface area (Å²) in [5.41, 5.74) is 5.89. The van der Waals surface area contributed by atoms with Crippen molar-refractivity contribution in [3.05, 3.63) is 12.4 Å². The SMILES string of the molecule is CC(C)(C)S(=O)(=O)CCOC(=O)Cn1cc(N)cn1. The third-order valence-electron chi connectivity index (χ3n) is 2.49. The number of carbonyl (C=O) groups is 1. The lowest BCUT2D eigenvalue weighted by molar-refractivity contribution is -0.143. The van der Waals surface area contributed by atoms with E-state index in [1.807, 2.05) is 0 Å². The number of aromatic nitrogens is 2. The van der Waals surface area contributed by atoms with Crippen LogP contribution < -0.4 is 5.73 Å². The minimum Gasteiger partial charge on any atom is -0.463 e. The van der Waals surface area contributed by atoms with Crippen molar-refractivity contribution >= 4 is 21.5 Å². The van der Waals surface area contributed by atoms with Gasteiger partial charge < -0.3 is 10.5 Å². The molecule has 1 aromatic heterocycles. The lowest BCUT2D eigenvalue weighted by Gasteiger charge is -2.18. The van der Waals surface area contributed by atoms with Crippen LogP contribution in [0.15, 0.2) is 12.4 Å². The highest BCUT2D eigenvalue weighted by atomic mass is 32.2. The average molecular weight is 289 g/mol. The number of rotatable bonds is 5. The van der Waals surface area contributed by atoms with Crippen molar-refractivity contribution in [2.45, 2.75) is 32.1 Å². The third kappa shape index (κ3) is 4.55. The van der Waals surface area contributed by atoms with Crippen molar-refractivity contribution in [2.75, 3.05) is 18.1 Å². The molecule has 0 aliphatic heterocycles. The Kier molecular flexibility index (Phi) is 4.56. The van der Waals surface area contributed by atoms with Crippen LogP contribution in [-0.4, -0.2) is 41.3 Å². The molecule has 0 amide bonds. The van der Waals surface area contributed by atoms with E-state index in [1.54, 1.807) is 20.8 Å². The van der Waals surface area contributed by atoms with Gasteiger partial charge in [-0.1, -0.05) is 0 Å². The van der Waals surface area contributed by atoms with Gasteiger partial charge in [-0.25, -0.2) is 8.42 Å². The second kappa shape index (κ2) is 5.60. The van der Waals surface area contributed by atoms with Gasteiger partial charge in [0, 0.05) is 6.20 Å². The number of anilines is 1. The van der Waals surface area contributed by atoms with E-state index in [0.717, 1.165) is 0 Å². The summed E-state index contributed by atoms with van der Waals surface area (Å²) in [6, 6.07) is 0. The molecule has 0 saturated carbocycles. The molecule has 108 valence electrons. The molecule has 1 aromatic rings. The largest absolute Gasteiger partial charge is 0.463 e. The van der Waals surface area contributed by atoms with E-state index in [1.165, 1.54) is 17.1 Å². The zero-order valence-corrected chi connectivity index (χ0v) is 12.1. The molecule has 0 aromatic carbocycles. The predicted octanol–water partition coefficient (Wildman–Crippen LogP) is 0.222. The highest BCUT2D eigenvalue weighted by Gasteiger charge is 2.28. The van der Waals surface area contributed by atoms with E-state index in [-0.39, 0.29) is 18.9 Å². The molecule has 2 N–H and O–H groups in total. The predicted molar refractivity (Wildman–Crippen MR) is 71.1 cm³/mol. The van der Waals surface area contributed by atoms with Crippen LogP contribution in [0.2, 0.25) is 0 Å². The number of nitrogen functional groups attached to an aromatic ring is 1. The molecule has 1 rings (SSSR count). The third-order valence-corrected chi connectivity index (χ3v) is 5.06. The van der Waals surface area contributed by atoms with E-state index in [4.69, 9.17) is 10.5 Å². The fourth-order valence-corrected chi connectivity index (χ4v) is 2.13. The summed E-state index contributed by atoms with van der Waals surface area (Å²) in [5.74, 6) is -0.740. The molecule has 0 fully saturated rings. The van der Waals surface area contributed by atoms with Crippen LogP contribution in [0.4, 0.5) is 5.69 Å². The number of hydrogen-bond donors (Lipinski definition) is 1. The van der Waals surface area contributed by atoms with Gasteiger partial charge >= 0.3 is 5.97 Å². The maximum absolute atomic E-state index is 11.8. The van der Waals surface area contributed by atoms with Gasteiger partial charge in [0.2, 0.25) is 0 Å². The zero-order chi connectivity index (χ0) is 14.7. The molecule has 19 heavy (non-hydrogen) atoms. The molecule has 0 radical (unpaired) electrons. The average Bonchev–Trinajstić information content (AvgIpc) is 2.61. The van der Waals surface area contributed by atoms with Gasteiger partial charge in [0.25, 0.3) is 0 Å². The van der Waals surface area contributed by atoms with Crippen LogP contribution in [0.3, 0.4) is 0 Å². The summed E-state index contributed by atoms with van der Waals surface area (Å²) >= 11 is 0. The van der Waals surface area contributed by atoms with Crippen molar-refractivity contribution < 1.29 is 17.9 Å². The summed E-state index contributed by atoms with van der Waals surface area (Å²) in [4.78, 5) is 11.4. The van der Waals surface area contributed by atoms with Gasteiger partial charge in [-0.15, -0.1) is 0 Å². The van der Waals surface area contributed by atoms with Gasteiger partial charge in [-0.2, -0.15) is 5.10 Å². The van der Waals surface area contributed by atoms with Crippen molar-refractivity contribution in [3.8, 4) is 0 Å². The van der Waals surface area contributed by atoms with Crippen molar-refractivity contribution in [3.63, 3.8) is 0 Å². The Morgan fingerprint density at radius 1 is 1.47 bits per heavy atom. The first kappa shape index (κ1) is 15.5. The van der Waals surface area contributed by atoms with Gasteiger partial charge in [0.05, 0.1) is 22.4 Å². The maximum Gasteiger partial charge on any atom is 0.327 e. The van der Waals surface area contributed by atoms with Gasteiger partial charge in [-0.05, 0) is 20.8 Å². The summed E-state index contributed by atoms with van der Waals surface area (Å²) in [7, 11) is -3.28. The summed E-state index contributed by atoms with van der Waals surface area (Å²) in [6.45, 7) is 4.58. The summed E-state index contributed by atoms with van der Waals surface area (Å²) < 4.78 is 28.9. The van der Waals surface area contributed by atoms with E-state index >= 15 is 0 Å². The Labute approximate surface area is 112 Å². The first-order valence-corrected chi connectivity index (χ1v) is 7.43. The highest BCUT2D eigenvalue weighted by molar-refractivity contribution is 7.92. The molecule has 0 spiro atoms. The summed E-state index contributed by atoms with van der Waals surface area (Å²) in [5, 5.41) is 3.82. The van der Waals surface area contributed by atoms with Crippen LogP contribution in [0.5, 0.6) is 0 Å². The standard InChI is InChI=1S/C11H19N3O4S/c1-11(2,3)19(16,17)5-4-18-10(15)8-14-7-9(12)6-13-14/h6-7H,4-5,8,12H2,1-3H3. The molecule has 1 heterocycles. The lowest BCUT2D eigenvalue weighted by Crippen LogP contribution is -2.32. The molecular weight excluding hydrogens is 270 g/mol. The van der Waals surface area contributed by atoms with Gasteiger partial charge in [0.15, 0.2) is 9.84 Å². The number of esters is 1. The van der Waals surface area contributed by atoms with E-state index < -0.39 is 20.6 Å². The Hall–Kier alpha value is -1.57. The second-order valence-corrected chi connectivity index (χ2v) is 7.99. The molecule has 0 aliphatic rings. The Morgan fingerprint density at radius 3 is 2.58 bits per heavy atom. The normalized spacial score (nSPS) is 12.4. The Morgan fingerprint density at radius 2 is 2.11 bits per heavy atom. The number of hydrogen-bond acceptors (Lipinski definition) is 6. The minimum absolute atomic E-state index is 0.0905. The van der Waals surface area contributed by atoms with Crippen LogP contribution in [0, 0.1) is 0 Å². The molecule has 0 saturated heterocycles. The second-order valence-electron chi connectivity index (χ2n) is 5.12. The van der Waals surface area contributed by atoms with Crippen LogP contribution in [0.25, 0.3) is 0 Å². The van der Waals surface area contributed by atoms with Crippen LogP contribution in [0.1, 0.15) is 20.8 Å². The van der Waals surface area contributed by atoms with Crippen LogP contribution in [-0.2, 0) is 25.9 Å². The molecule has 0 atom stereocenters. The molecule has 0 bridgehead atoms. The topological polar surface area (TPSA) is 104 Å². The Bertz CT molecular complexity index is 543. The lowest BCUT2D eigenvalue weighted by atomic mass is 10.3. The van der Waals surface area contributed by atoms with Crippen molar-refractivity contribution in [1.29, 1.82) is 0 Å². The fraction of sp³-hybridized carbons (Fsp3) is 0.636. The number of nitrogens with zero attached hydrogens (tertiary/aromatic N) is 2. The number of nitrogens with two attached hydrogens (primary N) is 1. The first-order valence-electron chi connectivity index (χ1n) is 5.78. The van der Waals surface area contributed by atoms with E-state index in [2.05, 4.69) is 5.10 Å². The molecular formula is C11H19N3O4S. The smallest absolute Gasteiger partial charge is 0.327 e. The quantitative estimate of drug-likeness (QED) is 0.778. The monoisotopic (exact) mass is 289 g/mol. The molecule has 0 unspecified atom stereocenters. The molecule has 0 aliphatic carbocycles. The van der Waals surface area contributed by atoms with Gasteiger partial charge in [0.1, 0.15) is 13.2 Å². The van der Waals surface area contributed by atoms with Crippen molar-refractivity contribution in [1.82, 2.24) is 9.78 Å². The van der Waals surface area contributed by atoms with Gasteiger partial charge in [-0.3, -0.25) is 9.48 Å². The Balaban J connectivity index is 2.40. The first-order chi connectivity index (χ1) is 8.62. The summed E-state index contributed by atoms with van der Waals surface area (Å²) in [6.07, 6.45) is 2.91. The highest BCUT2D eigenvalue weighted by Crippen LogP contribution is 2.15. The minimum atomic E-state index is -3.28. The van der Waals surface area contributed by atoms with E-state index in [0.29, 0.717) is 5.69 Å². The molecule has 8 heteroatoms. The van der Waals surface area contributed by atoms with E-state index in [9.17, 15) is 13.2 Å². The number of ether oxygens (including phenoxy) is 1. The molecule has 7 nitrogen and oxygen atoms in total. The van der Waals surface area contributed by atoms with Crippen molar-refractivity contribution in [2.24, 2.45) is 0 Å². The number of carbonyl (C=O) groups excluding carboxylic acids is 1. The van der Waals surface area contributed by atoms with Crippen LogP contribution >= 0.6 is 0 Å².